The van der Waals surface area contributed by atoms with Crippen LogP contribution >= 0.6 is 11.6 Å². The van der Waals surface area contributed by atoms with Crippen LogP contribution < -0.4 is 5.56 Å². The van der Waals surface area contributed by atoms with Gasteiger partial charge in [-0.3, -0.25) is 4.79 Å². The van der Waals surface area contributed by atoms with E-state index in [1.807, 2.05) is 18.2 Å². The fourth-order valence-corrected chi connectivity index (χ4v) is 4.86. The highest BCUT2D eigenvalue weighted by Crippen LogP contribution is 2.50. The number of halogens is 1. The monoisotopic (exact) mass is 328 g/mol. The number of rotatable bonds is 1. The minimum atomic E-state index is -0.0230. The fraction of sp³-hybridized carbons (Fsp3) is 0.474. The van der Waals surface area contributed by atoms with Gasteiger partial charge in [0, 0.05) is 10.6 Å². The first kappa shape index (κ1) is 14.9. The van der Waals surface area contributed by atoms with E-state index in [-0.39, 0.29) is 11.0 Å². The van der Waals surface area contributed by atoms with Gasteiger partial charge in [0.15, 0.2) is 0 Å². The molecule has 0 fully saturated rings. The van der Waals surface area contributed by atoms with Gasteiger partial charge in [-0.2, -0.15) is 5.10 Å². The largest absolute Gasteiger partial charge is 0.268 e. The molecule has 1 heterocycles. The Balaban J connectivity index is 1.83. The number of H-pyrrole nitrogens is 1. The first-order valence-electron chi connectivity index (χ1n) is 8.29. The number of hydrogen-bond donors (Lipinski definition) is 1. The molecule has 2 aliphatic carbocycles. The Bertz CT molecular complexity index is 824. The van der Waals surface area contributed by atoms with Crippen LogP contribution in [0.5, 0.6) is 0 Å². The summed E-state index contributed by atoms with van der Waals surface area (Å²) in [6.45, 7) is 4.59. The Kier molecular flexibility index (Phi) is 3.38. The first-order valence-corrected chi connectivity index (χ1v) is 8.67. The molecule has 1 aromatic carbocycles. The summed E-state index contributed by atoms with van der Waals surface area (Å²) in [4.78, 5) is 12.4. The quantitative estimate of drug-likeness (QED) is 0.852. The average molecular weight is 329 g/mol. The second-order valence-corrected chi connectivity index (χ2v) is 8.20. The van der Waals surface area contributed by atoms with E-state index >= 15 is 0 Å². The van der Waals surface area contributed by atoms with E-state index in [1.165, 1.54) is 11.1 Å². The molecule has 2 aromatic rings. The fourth-order valence-electron chi connectivity index (χ4n) is 4.57. The Morgan fingerprint density at radius 3 is 2.83 bits per heavy atom. The number of nitrogens with zero attached hydrogens (tertiary/aromatic N) is 1. The van der Waals surface area contributed by atoms with Crippen LogP contribution in [0.3, 0.4) is 0 Å². The zero-order valence-corrected chi connectivity index (χ0v) is 14.3. The maximum atomic E-state index is 12.4. The number of aromatic nitrogens is 2. The van der Waals surface area contributed by atoms with Crippen LogP contribution in [0.15, 0.2) is 29.1 Å². The number of benzene rings is 1. The minimum absolute atomic E-state index is 0.0230. The van der Waals surface area contributed by atoms with E-state index in [9.17, 15) is 4.79 Å². The van der Waals surface area contributed by atoms with Crippen LogP contribution in [-0.2, 0) is 12.8 Å². The molecular weight excluding hydrogens is 308 g/mol. The van der Waals surface area contributed by atoms with Gasteiger partial charge in [0.1, 0.15) is 0 Å². The molecule has 0 aliphatic heterocycles. The molecule has 23 heavy (non-hydrogen) atoms. The van der Waals surface area contributed by atoms with Gasteiger partial charge >= 0.3 is 0 Å². The van der Waals surface area contributed by atoms with E-state index in [4.69, 9.17) is 11.6 Å². The maximum Gasteiger partial charge on any atom is 0.267 e. The van der Waals surface area contributed by atoms with Crippen molar-refractivity contribution >= 4 is 11.6 Å². The van der Waals surface area contributed by atoms with Crippen molar-refractivity contribution in [1.29, 1.82) is 0 Å². The van der Waals surface area contributed by atoms with E-state index in [2.05, 4.69) is 30.1 Å². The van der Waals surface area contributed by atoms with Gasteiger partial charge in [0.2, 0.25) is 0 Å². The molecule has 1 aromatic heterocycles. The predicted octanol–water partition coefficient (Wildman–Crippen LogP) is 4.21. The summed E-state index contributed by atoms with van der Waals surface area (Å²) in [6.07, 6.45) is 3.87. The third-order valence-electron chi connectivity index (χ3n) is 5.42. The second-order valence-electron chi connectivity index (χ2n) is 7.79. The lowest BCUT2D eigenvalue weighted by atomic mass is 9.63. The summed E-state index contributed by atoms with van der Waals surface area (Å²) in [7, 11) is 0. The lowest BCUT2D eigenvalue weighted by Crippen LogP contribution is -2.35. The van der Waals surface area contributed by atoms with E-state index in [0.717, 1.165) is 42.0 Å². The second kappa shape index (κ2) is 5.20. The van der Waals surface area contributed by atoms with Crippen molar-refractivity contribution in [3.63, 3.8) is 0 Å². The van der Waals surface area contributed by atoms with Crippen molar-refractivity contribution in [2.24, 2.45) is 5.41 Å². The van der Waals surface area contributed by atoms with Gasteiger partial charge in [0.05, 0.1) is 5.69 Å². The van der Waals surface area contributed by atoms with Crippen LogP contribution in [0.4, 0.5) is 0 Å². The molecule has 2 atom stereocenters. The standard InChI is InChI=1S/C19H21ClN2O/c1-19(2)9-12-7-11(13-5-3-4-6-15(13)20)8-14-17(12)16(10-19)21-22-18(14)23/h3-6,11-12H,7-10H2,1-2H3,(H,22,23)/t11-,12-/m0/s1. The van der Waals surface area contributed by atoms with Crippen LogP contribution in [0, 0.1) is 5.41 Å². The zero-order chi connectivity index (χ0) is 16.2. The van der Waals surface area contributed by atoms with Crippen molar-refractivity contribution in [2.45, 2.75) is 51.4 Å². The molecule has 0 bridgehead atoms. The summed E-state index contributed by atoms with van der Waals surface area (Å²) in [5.41, 5.74) is 4.63. The summed E-state index contributed by atoms with van der Waals surface area (Å²) >= 11 is 6.42. The zero-order valence-electron chi connectivity index (χ0n) is 13.5. The third kappa shape index (κ3) is 2.51. The molecule has 1 N–H and O–H groups in total. The first-order chi connectivity index (χ1) is 10.9. The smallest absolute Gasteiger partial charge is 0.267 e. The molecule has 2 aliphatic rings. The molecule has 4 heteroatoms. The molecule has 4 rings (SSSR count). The Labute approximate surface area is 141 Å². The van der Waals surface area contributed by atoms with Crippen molar-refractivity contribution in [1.82, 2.24) is 10.2 Å². The van der Waals surface area contributed by atoms with Gasteiger partial charge < -0.3 is 0 Å². The van der Waals surface area contributed by atoms with Crippen LogP contribution in [-0.4, -0.2) is 10.2 Å². The number of nitrogens with one attached hydrogen (secondary N) is 1. The summed E-state index contributed by atoms with van der Waals surface area (Å²) in [5.74, 6) is 0.722. The van der Waals surface area contributed by atoms with Crippen molar-refractivity contribution in [2.75, 3.05) is 0 Å². The summed E-state index contributed by atoms with van der Waals surface area (Å²) < 4.78 is 0. The van der Waals surface area contributed by atoms with E-state index in [0.29, 0.717) is 11.8 Å². The minimum Gasteiger partial charge on any atom is -0.268 e. The third-order valence-corrected chi connectivity index (χ3v) is 5.76. The molecule has 3 nitrogen and oxygen atoms in total. The molecule has 120 valence electrons. The lowest BCUT2D eigenvalue weighted by molar-refractivity contribution is 0.251. The molecule has 0 spiro atoms. The van der Waals surface area contributed by atoms with Crippen molar-refractivity contribution in [3.8, 4) is 0 Å². The number of hydrogen-bond acceptors (Lipinski definition) is 2. The Morgan fingerprint density at radius 1 is 1.26 bits per heavy atom. The molecule has 0 radical (unpaired) electrons. The highest BCUT2D eigenvalue weighted by molar-refractivity contribution is 6.31. The van der Waals surface area contributed by atoms with Crippen LogP contribution in [0.1, 0.15) is 60.9 Å². The maximum absolute atomic E-state index is 12.4. The van der Waals surface area contributed by atoms with Gasteiger partial charge in [-0.15, -0.1) is 0 Å². The molecule has 0 amide bonds. The molecular formula is C19H21ClN2O. The highest BCUT2D eigenvalue weighted by atomic mass is 35.5. The number of aromatic amines is 1. The SMILES string of the molecule is CC1(C)Cc2n[nH]c(=O)c3c2[C@@H](C[C@H](c2ccccc2Cl)C3)C1. The van der Waals surface area contributed by atoms with Gasteiger partial charge in [-0.25, -0.2) is 5.10 Å². The molecule has 0 saturated heterocycles. The van der Waals surface area contributed by atoms with Crippen LogP contribution in [0.25, 0.3) is 0 Å². The van der Waals surface area contributed by atoms with Gasteiger partial charge in [0.25, 0.3) is 5.56 Å². The lowest BCUT2D eigenvalue weighted by Gasteiger charge is -2.41. The van der Waals surface area contributed by atoms with Crippen molar-refractivity contribution < 1.29 is 0 Å². The van der Waals surface area contributed by atoms with Crippen LogP contribution in [0.2, 0.25) is 5.02 Å². The van der Waals surface area contributed by atoms with Gasteiger partial charge in [-0.05, 0) is 60.1 Å². The summed E-state index contributed by atoms with van der Waals surface area (Å²) in [6, 6.07) is 8.03. The van der Waals surface area contributed by atoms with E-state index in [1.54, 1.807) is 0 Å². The summed E-state index contributed by atoms with van der Waals surface area (Å²) in [5, 5.41) is 7.89. The van der Waals surface area contributed by atoms with E-state index < -0.39 is 0 Å². The molecule has 0 unspecified atom stereocenters. The predicted molar refractivity (Wildman–Crippen MR) is 92.2 cm³/mol. The Morgan fingerprint density at radius 2 is 2.04 bits per heavy atom. The normalized spacial score (nSPS) is 25.0. The van der Waals surface area contributed by atoms with Crippen molar-refractivity contribution in [3.05, 3.63) is 62.0 Å². The van der Waals surface area contributed by atoms with Gasteiger partial charge in [-0.1, -0.05) is 43.6 Å². The highest BCUT2D eigenvalue weighted by Gasteiger charge is 2.40. The average Bonchev–Trinajstić information content (AvgIpc) is 2.49. The topological polar surface area (TPSA) is 45.8 Å². The Hall–Kier alpha value is -1.61. The molecule has 0 saturated carbocycles.